The number of rotatable bonds is 5. The monoisotopic (exact) mass is 304 g/mol. The van der Waals surface area contributed by atoms with E-state index < -0.39 is 0 Å². The van der Waals surface area contributed by atoms with Crippen molar-refractivity contribution in [3.63, 3.8) is 0 Å². The van der Waals surface area contributed by atoms with Crippen molar-refractivity contribution in [3.05, 3.63) is 28.8 Å². The summed E-state index contributed by atoms with van der Waals surface area (Å²) in [6, 6.07) is 4.42. The SMILES string of the molecule is CCc1cc(C(C)(C)CC)c(O)c(C(C)(C)CC(C)(C)C)c1. The number of aromatic hydroxyl groups is 1. The van der Waals surface area contributed by atoms with E-state index in [1.165, 1.54) is 5.56 Å². The van der Waals surface area contributed by atoms with Crippen molar-refractivity contribution in [3.8, 4) is 5.75 Å². The van der Waals surface area contributed by atoms with Crippen LogP contribution in [-0.2, 0) is 17.3 Å². The standard InChI is InChI=1S/C21H36O/c1-10-15-12-16(20(6,7)11-2)18(22)17(13-15)21(8,9)14-19(3,4)5/h12-13,22H,10-11,14H2,1-9H3. The fraction of sp³-hybridized carbons (Fsp3) is 0.714. The van der Waals surface area contributed by atoms with Crippen molar-refractivity contribution in [1.82, 2.24) is 0 Å². The van der Waals surface area contributed by atoms with Crippen molar-refractivity contribution in [2.45, 2.75) is 92.4 Å². The van der Waals surface area contributed by atoms with Gasteiger partial charge < -0.3 is 5.11 Å². The third kappa shape index (κ3) is 4.27. The van der Waals surface area contributed by atoms with Gasteiger partial charge in [0.05, 0.1) is 0 Å². The Bertz CT molecular complexity index is 515. The van der Waals surface area contributed by atoms with Crippen molar-refractivity contribution in [2.75, 3.05) is 0 Å². The maximum absolute atomic E-state index is 11.0. The predicted octanol–water partition coefficient (Wildman–Crippen LogP) is 6.36. The van der Waals surface area contributed by atoms with Gasteiger partial charge in [0.25, 0.3) is 0 Å². The van der Waals surface area contributed by atoms with Crippen LogP contribution in [0.3, 0.4) is 0 Å². The minimum atomic E-state index is -0.0356. The Morgan fingerprint density at radius 2 is 1.27 bits per heavy atom. The van der Waals surface area contributed by atoms with E-state index in [4.69, 9.17) is 0 Å². The fourth-order valence-electron chi connectivity index (χ4n) is 3.54. The molecule has 0 atom stereocenters. The van der Waals surface area contributed by atoms with Gasteiger partial charge in [-0.05, 0) is 41.1 Å². The maximum Gasteiger partial charge on any atom is 0.123 e. The number of aryl methyl sites for hydroxylation is 1. The molecular formula is C21H36O. The van der Waals surface area contributed by atoms with Crippen molar-refractivity contribution in [2.24, 2.45) is 5.41 Å². The molecule has 0 radical (unpaired) electrons. The number of benzene rings is 1. The van der Waals surface area contributed by atoms with E-state index in [2.05, 4.69) is 74.4 Å². The van der Waals surface area contributed by atoms with Crippen LogP contribution in [0, 0.1) is 5.41 Å². The second kappa shape index (κ2) is 6.26. The molecule has 22 heavy (non-hydrogen) atoms. The topological polar surface area (TPSA) is 20.2 Å². The Kier molecular flexibility index (Phi) is 5.42. The summed E-state index contributed by atoms with van der Waals surface area (Å²) < 4.78 is 0. The first kappa shape index (κ1) is 19.1. The lowest BCUT2D eigenvalue weighted by Crippen LogP contribution is -2.26. The highest BCUT2D eigenvalue weighted by Gasteiger charge is 2.33. The molecule has 0 amide bonds. The Balaban J connectivity index is 3.51. The van der Waals surface area contributed by atoms with Crippen LogP contribution in [-0.4, -0.2) is 5.11 Å². The summed E-state index contributed by atoms with van der Waals surface area (Å²) >= 11 is 0. The molecule has 1 nitrogen and oxygen atoms in total. The first-order chi connectivity index (χ1) is 9.84. The van der Waals surface area contributed by atoms with E-state index in [-0.39, 0.29) is 16.2 Å². The minimum Gasteiger partial charge on any atom is -0.507 e. The van der Waals surface area contributed by atoms with Gasteiger partial charge in [-0.2, -0.15) is 0 Å². The number of phenols is 1. The highest BCUT2D eigenvalue weighted by molar-refractivity contribution is 5.50. The summed E-state index contributed by atoms with van der Waals surface area (Å²) in [5.74, 6) is 0.512. The van der Waals surface area contributed by atoms with E-state index in [0.717, 1.165) is 30.4 Å². The van der Waals surface area contributed by atoms with Gasteiger partial charge in [0, 0.05) is 11.1 Å². The van der Waals surface area contributed by atoms with E-state index in [1.807, 2.05) is 0 Å². The van der Waals surface area contributed by atoms with Crippen LogP contribution in [0.5, 0.6) is 5.75 Å². The molecule has 1 aromatic rings. The average Bonchev–Trinajstić information content (AvgIpc) is 2.35. The maximum atomic E-state index is 11.0. The van der Waals surface area contributed by atoms with Crippen LogP contribution < -0.4 is 0 Å². The lowest BCUT2D eigenvalue weighted by Gasteiger charge is -2.36. The third-order valence-electron chi connectivity index (χ3n) is 4.89. The van der Waals surface area contributed by atoms with Crippen LogP contribution in [0.2, 0.25) is 0 Å². The average molecular weight is 305 g/mol. The first-order valence-electron chi connectivity index (χ1n) is 8.71. The zero-order valence-corrected chi connectivity index (χ0v) is 16.2. The van der Waals surface area contributed by atoms with E-state index in [9.17, 15) is 5.11 Å². The molecule has 0 aliphatic carbocycles. The van der Waals surface area contributed by atoms with Gasteiger partial charge in [-0.1, -0.05) is 74.4 Å². The molecule has 0 fully saturated rings. The molecule has 1 heteroatoms. The van der Waals surface area contributed by atoms with Gasteiger partial charge >= 0.3 is 0 Å². The van der Waals surface area contributed by atoms with Crippen LogP contribution >= 0.6 is 0 Å². The Morgan fingerprint density at radius 1 is 0.818 bits per heavy atom. The highest BCUT2D eigenvalue weighted by Crippen LogP contribution is 2.45. The molecule has 1 rings (SSSR count). The Labute approximate surface area is 138 Å². The summed E-state index contributed by atoms with van der Waals surface area (Å²) in [5, 5.41) is 11.0. The van der Waals surface area contributed by atoms with Crippen LogP contribution in [0.25, 0.3) is 0 Å². The zero-order chi connectivity index (χ0) is 17.3. The molecule has 0 aliphatic rings. The van der Waals surface area contributed by atoms with Gasteiger partial charge in [-0.3, -0.25) is 0 Å². The summed E-state index contributed by atoms with van der Waals surface area (Å²) in [6.07, 6.45) is 3.07. The molecule has 0 heterocycles. The van der Waals surface area contributed by atoms with Crippen molar-refractivity contribution in [1.29, 1.82) is 0 Å². The van der Waals surface area contributed by atoms with Crippen LogP contribution in [0.1, 0.15) is 91.8 Å². The molecule has 126 valence electrons. The first-order valence-corrected chi connectivity index (χ1v) is 8.71. The number of hydrogen-bond donors (Lipinski definition) is 1. The lowest BCUT2D eigenvalue weighted by atomic mass is 9.69. The molecule has 0 aromatic heterocycles. The Morgan fingerprint density at radius 3 is 1.64 bits per heavy atom. The summed E-state index contributed by atoms with van der Waals surface area (Å²) in [5.41, 5.74) is 3.74. The van der Waals surface area contributed by atoms with Crippen LogP contribution in [0.4, 0.5) is 0 Å². The molecule has 0 saturated heterocycles. The van der Waals surface area contributed by atoms with Crippen LogP contribution in [0.15, 0.2) is 12.1 Å². The lowest BCUT2D eigenvalue weighted by molar-refractivity contribution is 0.277. The fourth-order valence-corrected chi connectivity index (χ4v) is 3.54. The van der Waals surface area contributed by atoms with Crippen molar-refractivity contribution >= 4 is 0 Å². The zero-order valence-electron chi connectivity index (χ0n) is 16.2. The van der Waals surface area contributed by atoms with Gasteiger partial charge in [0.15, 0.2) is 0 Å². The number of hydrogen-bond acceptors (Lipinski definition) is 1. The van der Waals surface area contributed by atoms with E-state index >= 15 is 0 Å². The second-order valence-electron chi connectivity index (χ2n) is 9.25. The molecule has 0 unspecified atom stereocenters. The van der Waals surface area contributed by atoms with Crippen molar-refractivity contribution < 1.29 is 5.11 Å². The van der Waals surface area contributed by atoms with Gasteiger partial charge in [0.1, 0.15) is 5.75 Å². The minimum absolute atomic E-state index is 0.00181. The largest absolute Gasteiger partial charge is 0.507 e. The predicted molar refractivity (Wildman–Crippen MR) is 97.9 cm³/mol. The summed E-state index contributed by atoms with van der Waals surface area (Å²) in [6.45, 7) is 20.2. The highest BCUT2D eigenvalue weighted by atomic mass is 16.3. The second-order valence-corrected chi connectivity index (χ2v) is 9.25. The normalized spacial score (nSPS) is 13.5. The molecule has 1 aromatic carbocycles. The molecule has 0 bridgehead atoms. The number of phenolic OH excluding ortho intramolecular Hbond substituents is 1. The molecular weight excluding hydrogens is 268 g/mol. The quantitative estimate of drug-likeness (QED) is 0.671. The van der Waals surface area contributed by atoms with Gasteiger partial charge in [0.2, 0.25) is 0 Å². The van der Waals surface area contributed by atoms with Gasteiger partial charge in [-0.15, -0.1) is 0 Å². The Hall–Kier alpha value is -0.980. The smallest absolute Gasteiger partial charge is 0.123 e. The molecule has 0 saturated carbocycles. The van der Waals surface area contributed by atoms with Gasteiger partial charge in [-0.25, -0.2) is 0 Å². The molecule has 0 spiro atoms. The van der Waals surface area contributed by atoms with E-state index in [1.54, 1.807) is 0 Å². The summed E-state index contributed by atoms with van der Waals surface area (Å²) in [4.78, 5) is 0. The molecule has 1 N–H and O–H groups in total. The van der Waals surface area contributed by atoms with E-state index in [0.29, 0.717) is 5.75 Å². The summed E-state index contributed by atoms with van der Waals surface area (Å²) in [7, 11) is 0. The molecule has 0 aliphatic heterocycles. The third-order valence-corrected chi connectivity index (χ3v) is 4.89.